The van der Waals surface area contributed by atoms with E-state index in [1.165, 1.54) is 18.2 Å². The summed E-state index contributed by atoms with van der Waals surface area (Å²) in [7, 11) is 0. The molecule has 104 valence electrons. The lowest BCUT2D eigenvalue weighted by Crippen LogP contribution is -2.09. The first-order chi connectivity index (χ1) is 9.08. The minimum absolute atomic E-state index is 0.0519. The van der Waals surface area contributed by atoms with E-state index in [1.54, 1.807) is 6.92 Å². The van der Waals surface area contributed by atoms with Crippen molar-refractivity contribution in [1.29, 1.82) is 0 Å². The Hall–Kier alpha value is -1.98. The summed E-state index contributed by atoms with van der Waals surface area (Å²) in [6.45, 7) is -1.06. The number of benzene rings is 1. The third-order valence-electron chi connectivity index (χ3n) is 2.33. The molecule has 0 radical (unpaired) electrons. The van der Waals surface area contributed by atoms with Crippen LogP contribution in [0.4, 0.5) is 8.78 Å². The van der Waals surface area contributed by atoms with Gasteiger partial charge < -0.3 is 14.3 Å². The van der Waals surface area contributed by atoms with Gasteiger partial charge in [-0.25, -0.2) is 4.79 Å². The van der Waals surface area contributed by atoms with Crippen molar-refractivity contribution in [2.45, 2.75) is 26.4 Å². The summed E-state index contributed by atoms with van der Waals surface area (Å²) in [4.78, 5) is 22.0. The van der Waals surface area contributed by atoms with Gasteiger partial charge in [-0.05, 0) is 37.1 Å². The molecule has 0 aliphatic rings. The van der Waals surface area contributed by atoms with Crippen LogP contribution in [0.3, 0.4) is 0 Å². The fourth-order valence-corrected chi connectivity index (χ4v) is 1.58. The standard InChI is InChI=1S/C13H14F2O4/c1-2-18-12(17)11-6-5-10(19-13(14)15)8-9(11)4-3-7-16/h5-8,13H,2-4H2,1H3. The molecular weight excluding hydrogens is 258 g/mol. The Balaban J connectivity index is 3.01. The number of hydrogen-bond acceptors (Lipinski definition) is 4. The number of rotatable bonds is 7. The molecule has 0 spiro atoms. The first-order valence-electron chi connectivity index (χ1n) is 5.77. The van der Waals surface area contributed by atoms with E-state index in [0.29, 0.717) is 11.8 Å². The summed E-state index contributed by atoms with van der Waals surface area (Å²) < 4.78 is 33.3. The van der Waals surface area contributed by atoms with Crippen molar-refractivity contribution in [3.05, 3.63) is 29.3 Å². The van der Waals surface area contributed by atoms with Gasteiger partial charge >= 0.3 is 12.6 Å². The summed E-state index contributed by atoms with van der Waals surface area (Å²) in [5.74, 6) is -0.601. The molecular formula is C13H14F2O4. The number of carbonyl (C=O) groups excluding carboxylic acids is 2. The van der Waals surface area contributed by atoms with E-state index >= 15 is 0 Å². The molecule has 0 unspecified atom stereocenters. The predicted octanol–water partition coefficient (Wildman–Crippen LogP) is 2.60. The van der Waals surface area contributed by atoms with Gasteiger partial charge in [0.2, 0.25) is 0 Å². The van der Waals surface area contributed by atoms with Crippen LogP contribution in [0.5, 0.6) is 5.75 Å². The second kappa shape index (κ2) is 7.45. The quantitative estimate of drug-likeness (QED) is 0.565. The first kappa shape index (κ1) is 15.1. The molecule has 0 aliphatic heterocycles. The summed E-state index contributed by atoms with van der Waals surface area (Å²) in [5.41, 5.74) is 0.703. The van der Waals surface area contributed by atoms with Crippen LogP contribution in [0.2, 0.25) is 0 Å². The third-order valence-corrected chi connectivity index (χ3v) is 2.33. The zero-order valence-corrected chi connectivity index (χ0v) is 10.4. The van der Waals surface area contributed by atoms with Crippen LogP contribution in [0.25, 0.3) is 0 Å². The van der Waals surface area contributed by atoms with E-state index in [0.717, 1.165) is 0 Å². The fraction of sp³-hybridized carbons (Fsp3) is 0.385. The van der Waals surface area contributed by atoms with Gasteiger partial charge in [-0.15, -0.1) is 0 Å². The maximum atomic E-state index is 12.1. The number of halogens is 2. The maximum absolute atomic E-state index is 12.1. The Bertz CT molecular complexity index is 446. The van der Waals surface area contributed by atoms with Gasteiger partial charge in [-0.2, -0.15) is 8.78 Å². The van der Waals surface area contributed by atoms with Gasteiger partial charge in [0.25, 0.3) is 0 Å². The van der Waals surface area contributed by atoms with Crippen LogP contribution in [0.15, 0.2) is 18.2 Å². The van der Waals surface area contributed by atoms with Crippen molar-refractivity contribution in [1.82, 2.24) is 0 Å². The van der Waals surface area contributed by atoms with E-state index in [9.17, 15) is 18.4 Å². The topological polar surface area (TPSA) is 52.6 Å². The zero-order valence-electron chi connectivity index (χ0n) is 10.4. The Morgan fingerprint density at radius 1 is 1.42 bits per heavy atom. The summed E-state index contributed by atoms with van der Waals surface area (Å²) in [6.07, 6.45) is 1.14. The highest BCUT2D eigenvalue weighted by molar-refractivity contribution is 5.91. The molecule has 0 saturated carbocycles. The highest BCUT2D eigenvalue weighted by Gasteiger charge is 2.14. The van der Waals surface area contributed by atoms with E-state index in [-0.39, 0.29) is 30.8 Å². The van der Waals surface area contributed by atoms with Gasteiger partial charge in [0, 0.05) is 6.42 Å². The molecule has 0 aromatic heterocycles. The highest BCUT2D eigenvalue weighted by atomic mass is 19.3. The SMILES string of the molecule is CCOC(=O)c1ccc(OC(F)F)cc1CCC=O. The second-order valence-corrected chi connectivity index (χ2v) is 3.62. The Morgan fingerprint density at radius 2 is 2.16 bits per heavy atom. The summed E-state index contributed by atoms with van der Waals surface area (Å²) in [6, 6.07) is 3.95. The van der Waals surface area contributed by atoms with Crippen LogP contribution >= 0.6 is 0 Å². The molecule has 1 rings (SSSR count). The highest BCUT2D eigenvalue weighted by Crippen LogP contribution is 2.21. The molecule has 1 aromatic rings. The van der Waals surface area contributed by atoms with Gasteiger partial charge in [-0.3, -0.25) is 0 Å². The Labute approximate surface area is 109 Å². The first-order valence-corrected chi connectivity index (χ1v) is 5.77. The molecule has 0 N–H and O–H groups in total. The molecule has 6 heteroatoms. The van der Waals surface area contributed by atoms with Gasteiger partial charge in [0.05, 0.1) is 12.2 Å². The van der Waals surface area contributed by atoms with Crippen LogP contribution in [-0.2, 0) is 16.0 Å². The largest absolute Gasteiger partial charge is 0.462 e. The molecule has 0 atom stereocenters. The van der Waals surface area contributed by atoms with E-state index in [2.05, 4.69) is 4.74 Å². The number of carbonyl (C=O) groups is 2. The lowest BCUT2D eigenvalue weighted by molar-refractivity contribution is -0.107. The maximum Gasteiger partial charge on any atom is 0.387 e. The molecule has 0 heterocycles. The number of esters is 1. The molecule has 0 bridgehead atoms. The molecule has 0 amide bonds. The molecule has 1 aromatic carbocycles. The Kier molecular flexibility index (Phi) is 5.92. The second-order valence-electron chi connectivity index (χ2n) is 3.62. The van der Waals surface area contributed by atoms with Crippen molar-refractivity contribution in [2.24, 2.45) is 0 Å². The predicted molar refractivity (Wildman–Crippen MR) is 63.4 cm³/mol. The van der Waals surface area contributed by atoms with Gasteiger partial charge in [-0.1, -0.05) is 0 Å². The third kappa shape index (κ3) is 4.65. The molecule has 0 fully saturated rings. The molecule has 19 heavy (non-hydrogen) atoms. The lowest BCUT2D eigenvalue weighted by Gasteiger charge is -2.11. The number of aldehydes is 1. The monoisotopic (exact) mass is 272 g/mol. The minimum Gasteiger partial charge on any atom is -0.462 e. The smallest absolute Gasteiger partial charge is 0.387 e. The van der Waals surface area contributed by atoms with E-state index in [1.807, 2.05) is 0 Å². The lowest BCUT2D eigenvalue weighted by atomic mass is 10.0. The summed E-state index contributed by atoms with van der Waals surface area (Å²) >= 11 is 0. The number of alkyl halides is 2. The number of hydrogen-bond donors (Lipinski definition) is 0. The van der Waals surface area contributed by atoms with Crippen LogP contribution in [0, 0.1) is 0 Å². The average Bonchev–Trinajstić information content (AvgIpc) is 2.36. The van der Waals surface area contributed by atoms with E-state index < -0.39 is 12.6 Å². The average molecular weight is 272 g/mol. The minimum atomic E-state index is -2.94. The Morgan fingerprint density at radius 3 is 2.74 bits per heavy atom. The molecule has 0 saturated heterocycles. The van der Waals surface area contributed by atoms with Gasteiger partial charge in [0.1, 0.15) is 12.0 Å². The fourth-order valence-electron chi connectivity index (χ4n) is 1.58. The molecule has 0 aliphatic carbocycles. The van der Waals surface area contributed by atoms with E-state index in [4.69, 9.17) is 4.74 Å². The van der Waals surface area contributed by atoms with Crippen molar-refractivity contribution < 1.29 is 27.8 Å². The van der Waals surface area contributed by atoms with Crippen molar-refractivity contribution in [2.75, 3.05) is 6.61 Å². The van der Waals surface area contributed by atoms with Crippen LogP contribution < -0.4 is 4.74 Å². The number of aryl methyl sites for hydroxylation is 1. The van der Waals surface area contributed by atoms with Crippen molar-refractivity contribution >= 4 is 12.3 Å². The van der Waals surface area contributed by atoms with Crippen LogP contribution in [0.1, 0.15) is 29.3 Å². The number of ether oxygens (including phenoxy) is 2. The normalized spacial score (nSPS) is 10.3. The van der Waals surface area contributed by atoms with Crippen molar-refractivity contribution in [3.63, 3.8) is 0 Å². The zero-order chi connectivity index (χ0) is 14.3. The summed E-state index contributed by atoms with van der Waals surface area (Å²) in [5, 5.41) is 0. The van der Waals surface area contributed by atoms with Crippen molar-refractivity contribution in [3.8, 4) is 5.75 Å². The van der Waals surface area contributed by atoms with Crippen LogP contribution in [-0.4, -0.2) is 25.5 Å². The van der Waals surface area contributed by atoms with Gasteiger partial charge in [0.15, 0.2) is 0 Å². The molecule has 4 nitrogen and oxygen atoms in total.